The van der Waals surface area contributed by atoms with Gasteiger partial charge in [0.05, 0.1) is 6.10 Å². The van der Waals surface area contributed by atoms with E-state index in [0.717, 1.165) is 19.3 Å². The summed E-state index contributed by atoms with van der Waals surface area (Å²) in [5, 5.41) is 9.80. The summed E-state index contributed by atoms with van der Waals surface area (Å²) in [5.74, 6) is 0. The van der Waals surface area contributed by atoms with Gasteiger partial charge in [-0.15, -0.1) is 0 Å². The van der Waals surface area contributed by atoms with E-state index in [-0.39, 0.29) is 6.10 Å². The van der Waals surface area contributed by atoms with Crippen LogP contribution < -0.4 is 0 Å². The Hall–Kier alpha value is -0.550. The third kappa shape index (κ3) is 15.5. The van der Waals surface area contributed by atoms with Gasteiger partial charge in [-0.3, -0.25) is 0 Å². The smallest absolute Gasteiger partial charge is 0.214 e. The van der Waals surface area contributed by atoms with Gasteiger partial charge in [0.1, 0.15) is 0 Å². The van der Waals surface area contributed by atoms with E-state index in [1.807, 2.05) is 0 Å². The maximum Gasteiger partial charge on any atom is 0.214 e. The zero-order valence-corrected chi connectivity index (χ0v) is 13.6. The first-order valence-electron chi connectivity index (χ1n) is 8.82. The van der Waals surface area contributed by atoms with Crippen LogP contribution in [0.4, 0.5) is 0 Å². The number of hydrogen-bond donors (Lipinski definition) is 1. The van der Waals surface area contributed by atoms with Gasteiger partial charge in [0.2, 0.25) is 6.54 Å². The molecule has 0 radical (unpaired) electrons. The van der Waals surface area contributed by atoms with Crippen LogP contribution in [0.3, 0.4) is 0 Å². The second kappa shape index (κ2) is 16.5. The Morgan fingerprint density at radius 2 is 1.20 bits per heavy atom. The Morgan fingerprint density at radius 3 is 1.70 bits per heavy atom. The molecule has 2 nitrogen and oxygen atoms in total. The number of aliphatic hydroxyl groups excluding tert-OH is 1. The van der Waals surface area contributed by atoms with E-state index < -0.39 is 0 Å². The Kier molecular flexibility index (Phi) is 16.1. The van der Waals surface area contributed by atoms with Crippen LogP contribution in [0.15, 0.2) is 0 Å². The monoisotopic (exact) mass is 281 g/mol. The molecule has 0 aliphatic heterocycles. The fourth-order valence-corrected chi connectivity index (χ4v) is 2.58. The summed E-state index contributed by atoms with van der Waals surface area (Å²) in [4.78, 5) is 3.37. The summed E-state index contributed by atoms with van der Waals surface area (Å²) in [6.07, 6.45) is 17.1. The van der Waals surface area contributed by atoms with Crippen molar-refractivity contribution in [1.82, 2.24) is 0 Å². The molecule has 1 N–H and O–H groups in total. The molecule has 0 aromatic heterocycles. The van der Waals surface area contributed by atoms with Crippen LogP contribution in [-0.4, -0.2) is 17.8 Å². The van der Waals surface area contributed by atoms with Crippen LogP contribution in [0.5, 0.6) is 0 Å². The van der Waals surface area contributed by atoms with Crippen molar-refractivity contribution in [1.29, 1.82) is 0 Å². The minimum absolute atomic E-state index is 0.0519. The van der Waals surface area contributed by atoms with Crippen molar-refractivity contribution in [3.05, 3.63) is 11.4 Å². The average Bonchev–Trinajstić information content (AvgIpc) is 2.45. The Morgan fingerprint density at radius 1 is 0.750 bits per heavy atom. The predicted molar refractivity (Wildman–Crippen MR) is 87.8 cm³/mol. The normalized spacial score (nSPS) is 12.2. The van der Waals surface area contributed by atoms with Gasteiger partial charge >= 0.3 is 0 Å². The van der Waals surface area contributed by atoms with Gasteiger partial charge in [0, 0.05) is 6.42 Å². The lowest BCUT2D eigenvalue weighted by Crippen LogP contribution is -2.05. The minimum atomic E-state index is -0.0519. The third-order valence-corrected chi connectivity index (χ3v) is 3.95. The molecule has 0 aliphatic rings. The maximum atomic E-state index is 9.80. The van der Waals surface area contributed by atoms with E-state index in [0.29, 0.717) is 6.54 Å². The van der Waals surface area contributed by atoms with Crippen molar-refractivity contribution in [3.63, 3.8) is 0 Å². The van der Waals surface area contributed by atoms with Gasteiger partial charge in [-0.2, -0.15) is 0 Å². The highest BCUT2D eigenvalue weighted by molar-refractivity contribution is 4.59. The van der Waals surface area contributed by atoms with Gasteiger partial charge in [-0.1, -0.05) is 71.1 Å². The molecule has 1 unspecified atom stereocenters. The summed E-state index contributed by atoms with van der Waals surface area (Å²) in [7, 11) is 0. The number of nitrogens with zero attached hydrogens (tertiary/aromatic N) is 1. The van der Waals surface area contributed by atoms with Crippen LogP contribution >= 0.6 is 0 Å². The Bertz CT molecular complexity index is 222. The molecule has 0 fully saturated rings. The van der Waals surface area contributed by atoms with Gasteiger partial charge in [-0.05, 0) is 19.3 Å². The second-order valence-electron chi connectivity index (χ2n) is 6.00. The van der Waals surface area contributed by atoms with Crippen LogP contribution in [0.2, 0.25) is 0 Å². The van der Waals surface area contributed by atoms with E-state index in [2.05, 4.69) is 11.8 Å². The molecule has 0 aromatic rings. The van der Waals surface area contributed by atoms with Gasteiger partial charge in [0.15, 0.2) is 0 Å². The molecule has 2 heteroatoms. The van der Waals surface area contributed by atoms with Crippen molar-refractivity contribution in [3.8, 4) is 0 Å². The van der Waals surface area contributed by atoms with Crippen LogP contribution in [0, 0.1) is 6.57 Å². The Labute approximate surface area is 126 Å². The molecule has 0 rings (SSSR count). The highest BCUT2D eigenvalue weighted by atomic mass is 16.3. The summed E-state index contributed by atoms with van der Waals surface area (Å²) in [5.41, 5.74) is 0. The molecule has 0 saturated carbocycles. The molecule has 20 heavy (non-hydrogen) atoms. The second-order valence-corrected chi connectivity index (χ2v) is 6.00. The third-order valence-electron chi connectivity index (χ3n) is 3.95. The van der Waals surface area contributed by atoms with Crippen LogP contribution in [0.25, 0.3) is 4.85 Å². The number of hydrogen-bond acceptors (Lipinski definition) is 1. The number of rotatable bonds is 15. The minimum Gasteiger partial charge on any atom is -0.393 e. The quantitative estimate of drug-likeness (QED) is 0.300. The van der Waals surface area contributed by atoms with Crippen LogP contribution in [0.1, 0.15) is 96.8 Å². The van der Waals surface area contributed by atoms with E-state index >= 15 is 0 Å². The number of unbranched alkanes of at least 4 members (excludes halogenated alkanes) is 10. The lowest BCUT2D eigenvalue weighted by atomic mass is 10.0. The summed E-state index contributed by atoms with van der Waals surface area (Å²) >= 11 is 0. The predicted octanol–water partition coefficient (Wildman–Crippen LogP) is 5.75. The molecular weight excluding hydrogens is 246 g/mol. The highest BCUT2D eigenvalue weighted by Gasteiger charge is 2.03. The van der Waals surface area contributed by atoms with Crippen molar-refractivity contribution in [2.75, 3.05) is 6.54 Å². The first kappa shape index (κ1) is 19.4. The molecule has 0 saturated heterocycles. The Balaban J connectivity index is 3.07. The molecule has 118 valence electrons. The van der Waals surface area contributed by atoms with Gasteiger partial charge < -0.3 is 9.95 Å². The van der Waals surface area contributed by atoms with Gasteiger partial charge in [0.25, 0.3) is 0 Å². The molecular formula is C18H35NO. The van der Waals surface area contributed by atoms with Crippen molar-refractivity contribution in [2.24, 2.45) is 0 Å². The zero-order chi connectivity index (χ0) is 14.9. The van der Waals surface area contributed by atoms with Crippen LogP contribution in [-0.2, 0) is 0 Å². The SMILES string of the molecule is [C-]#[N+]CCCCCCCCCCCC(O)CCCCC. The standard InChI is InChI=1S/C18H35NO/c1-3-4-12-15-18(20)16-13-10-8-6-5-7-9-11-14-17-19-2/h18,20H,3-17H2,1H3. The summed E-state index contributed by atoms with van der Waals surface area (Å²) in [6.45, 7) is 9.61. The molecule has 1 atom stereocenters. The first-order valence-corrected chi connectivity index (χ1v) is 8.82. The first-order chi connectivity index (χ1) is 9.81. The molecule has 0 amide bonds. The lowest BCUT2D eigenvalue weighted by molar-refractivity contribution is 0.147. The largest absolute Gasteiger partial charge is 0.393 e. The molecule has 0 bridgehead atoms. The average molecular weight is 281 g/mol. The fraction of sp³-hybridized carbons (Fsp3) is 0.944. The van der Waals surface area contributed by atoms with Crippen molar-refractivity contribution >= 4 is 0 Å². The zero-order valence-electron chi connectivity index (χ0n) is 13.6. The van der Waals surface area contributed by atoms with E-state index in [1.54, 1.807) is 0 Å². The molecule has 0 aromatic carbocycles. The van der Waals surface area contributed by atoms with Gasteiger partial charge in [-0.25, -0.2) is 6.57 Å². The topological polar surface area (TPSA) is 24.6 Å². The van der Waals surface area contributed by atoms with Crippen molar-refractivity contribution < 1.29 is 5.11 Å². The summed E-state index contributed by atoms with van der Waals surface area (Å²) in [6, 6.07) is 0. The lowest BCUT2D eigenvalue weighted by Gasteiger charge is -2.09. The summed E-state index contributed by atoms with van der Waals surface area (Å²) < 4.78 is 0. The fourth-order valence-electron chi connectivity index (χ4n) is 2.58. The van der Waals surface area contributed by atoms with E-state index in [4.69, 9.17) is 6.57 Å². The highest BCUT2D eigenvalue weighted by Crippen LogP contribution is 2.13. The van der Waals surface area contributed by atoms with E-state index in [9.17, 15) is 5.11 Å². The number of aliphatic hydroxyl groups is 1. The molecule has 0 spiro atoms. The molecule has 0 aliphatic carbocycles. The maximum absolute atomic E-state index is 9.80. The van der Waals surface area contributed by atoms with E-state index in [1.165, 1.54) is 70.6 Å². The van der Waals surface area contributed by atoms with Crippen molar-refractivity contribution in [2.45, 2.75) is 103 Å². The molecule has 0 heterocycles.